The molecule has 0 aliphatic carbocycles. The average molecular weight is 815 g/mol. The fraction of sp³-hybridized carbons (Fsp3) is 0. The molecule has 0 aliphatic rings. The summed E-state index contributed by atoms with van der Waals surface area (Å²) >= 11 is 0. The van der Waals surface area contributed by atoms with Gasteiger partial charge in [-0.15, -0.1) is 0 Å². The molecule has 14 rings (SSSR count). The third-order valence-corrected chi connectivity index (χ3v) is 13.1. The molecule has 0 N–H and O–H groups in total. The highest BCUT2D eigenvalue weighted by Gasteiger charge is 2.23. The van der Waals surface area contributed by atoms with Crippen LogP contribution < -0.4 is 0 Å². The minimum Gasteiger partial charge on any atom is -0.455 e. The normalized spacial score (nSPS) is 12.1. The van der Waals surface area contributed by atoms with Gasteiger partial charge in [-0.25, -0.2) is 15.0 Å². The van der Waals surface area contributed by atoms with Gasteiger partial charge in [0, 0.05) is 43.4 Å². The number of nitrogens with zero attached hydrogens (tertiary/aromatic N) is 4. The van der Waals surface area contributed by atoms with Crippen LogP contribution in [0.25, 0.3) is 137 Å². The van der Waals surface area contributed by atoms with Gasteiger partial charge < -0.3 is 8.98 Å². The van der Waals surface area contributed by atoms with Crippen molar-refractivity contribution in [1.82, 2.24) is 19.5 Å². The molecule has 0 atom stereocenters. The Balaban J connectivity index is 1.04. The average Bonchev–Trinajstić information content (AvgIpc) is 3.89. The van der Waals surface area contributed by atoms with Crippen LogP contribution in [0.5, 0.6) is 0 Å². The fourth-order valence-electron chi connectivity index (χ4n) is 10.0. The van der Waals surface area contributed by atoms with Gasteiger partial charge in [-0.1, -0.05) is 158 Å². The molecule has 0 saturated carbocycles. The molecular weight excluding hydrogens is 781 g/mol. The maximum absolute atomic E-state index is 7.11. The number of hydrogen-bond acceptors (Lipinski definition) is 4. The van der Waals surface area contributed by atoms with Crippen LogP contribution >= 0.6 is 0 Å². The minimum atomic E-state index is 0.552. The molecular formula is C59H34N4O. The molecule has 0 unspecified atom stereocenters. The highest BCUT2D eigenvalue weighted by atomic mass is 16.3. The van der Waals surface area contributed by atoms with Gasteiger partial charge in [0.25, 0.3) is 0 Å². The summed E-state index contributed by atoms with van der Waals surface area (Å²) in [4.78, 5) is 15.6. The summed E-state index contributed by atoms with van der Waals surface area (Å²) in [6.07, 6.45) is 0. The van der Waals surface area contributed by atoms with Crippen molar-refractivity contribution in [3.63, 3.8) is 0 Å². The van der Waals surface area contributed by atoms with E-state index >= 15 is 0 Å². The molecule has 0 spiro atoms. The number of aromatic nitrogens is 4. The summed E-state index contributed by atoms with van der Waals surface area (Å²) < 4.78 is 9.57. The number of rotatable bonds is 4. The summed E-state index contributed by atoms with van der Waals surface area (Å²) in [5.74, 6) is 1.76. The molecule has 296 valence electrons. The number of para-hydroxylation sites is 1. The Kier molecular flexibility index (Phi) is 7.33. The topological polar surface area (TPSA) is 56.7 Å². The molecule has 0 aliphatic heterocycles. The smallest absolute Gasteiger partial charge is 0.167 e. The van der Waals surface area contributed by atoms with Crippen molar-refractivity contribution in [3.05, 3.63) is 206 Å². The lowest BCUT2D eigenvalue weighted by Gasteiger charge is -2.13. The Bertz CT molecular complexity index is 4080. The van der Waals surface area contributed by atoms with E-state index in [1.807, 2.05) is 0 Å². The third kappa shape index (κ3) is 5.28. The molecule has 64 heavy (non-hydrogen) atoms. The second-order valence-electron chi connectivity index (χ2n) is 16.8. The Morgan fingerprint density at radius 2 is 0.734 bits per heavy atom. The van der Waals surface area contributed by atoms with Crippen molar-refractivity contribution >= 4 is 97.6 Å². The highest BCUT2D eigenvalue weighted by molar-refractivity contribution is 6.22. The molecule has 0 radical (unpaired) electrons. The molecule has 0 saturated heterocycles. The fourth-order valence-corrected chi connectivity index (χ4v) is 10.0. The first-order valence-electron chi connectivity index (χ1n) is 21.7. The second-order valence-corrected chi connectivity index (χ2v) is 16.8. The third-order valence-electron chi connectivity index (χ3n) is 13.1. The van der Waals surface area contributed by atoms with Crippen molar-refractivity contribution in [2.45, 2.75) is 0 Å². The van der Waals surface area contributed by atoms with E-state index in [4.69, 9.17) is 19.4 Å². The first-order valence-corrected chi connectivity index (χ1v) is 21.7. The second kappa shape index (κ2) is 13.4. The van der Waals surface area contributed by atoms with Gasteiger partial charge in [0.15, 0.2) is 17.5 Å². The zero-order valence-electron chi connectivity index (χ0n) is 34.3. The molecule has 5 heteroatoms. The molecule has 14 aromatic rings. The van der Waals surface area contributed by atoms with Crippen molar-refractivity contribution in [1.29, 1.82) is 0 Å². The predicted octanol–water partition coefficient (Wildman–Crippen LogP) is 15.6. The van der Waals surface area contributed by atoms with Crippen LogP contribution in [0.1, 0.15) is 0 Å². The summed E-state index contributed by atoms with van der Waals surface area (Å²) in [7, 11) is 0. The summed E-state index contributed by atoms with van der Waals surface area (Å²) in [6, 6.07) is 73.5. The van der Waals surface area contributed by atoms with E-state index < -0.39 is 0 Å². The molecule has 3 aromatic heterocycles. The standard InChI is InChI=1S/C59H34N4O/c1-3-14-37-28-43(26-24-35(37)12-1)57-60-58(44-27-25-36-13-2-4-15-38(36)29-44)62-59(61-57)48-23-11-22-47-51-34-54(45-20-9-10-21-46(45)56(51)64-55(47)48)63-52-32-41-18-7-5-16-39(41)30-49(52)50-31-40-17-6-8-19-42(40)33-53(50)63/h1-34H. The number of benzene rings is 11. The summed E-state index contributed by atoms with van der Waals surface area (Å²) in [6.45, 7) is 0. The number of hydrogen-bond donors (Lipinski definition) is 0. The predicted molar refractivity (Wildman–Crippen MR) is 265 cm³/mol. The van der Waals surface area contributed by atoms with Crippen LogP contribution in [0.4, 0.5) is 0 Å². The lowest BCUT2D eigenvalue weighted by molar-refractivity contribution is 0.673. The van der Waals surface area contributed by atoms with Crippen LogP contribution in [0.15, 0.2) is 211 Å². The molecule has 0 amide bonds. The van der Waals surface area contributed by atoms with Gasteiger partial charge in [-0.2, -0.15) is 0 Å². The van der Waals surface area contributed by atoms with Crippen molar-refractivity contribution in [3.8, 4) is 39.9 Å². The van der Waals surface area contributed by atoms with Crippen LogP contribution in [-0.4, -0.2) is 19.5 Å². The zero-order valence-corrected chi connectivity index (χ0v) is 34.3. The van der Waals surface area contributed by atoms with E-state index in [1.165, 1.54) is 32.3 Å². The van der Waals surface area contributed by atoms with Gasteiger partial charge in [-0.05, 0) is 91.6 Å². The van der Waals surface area contributed by atoms with Gasteiger partial charge in [-0.3, -0.25) is 0 Å². The minimum absolute atomic E-state index is 0.552. The van der Waals surface area contributed by atoms with Crippen LogP contribution in [0, 0.1) is 0 Å². The SMILES string of the molecule is c1ccc2cc(-c3nc(-c4ccc5ccccc5c4)nc(-c4cccc5c4oc4c6ccccc6c(-n6c7cc8ccccc8cc7c7cc8ccccc8cc76)cc54)n3)ccc2c1. The van der Waals surface area contributed by atoms with Gasteiger partial charge in [0.1, 0.15) is 11.2 Å². The van der Waals surface area contributed by atoms with Gasteiger partial charge in [0.2, 0.25) is 0 Å². The first kappa shape index (κ1) is 35.0. The van der Waals surface area contributed by atoms with Crippen molar-refractivity contribution in [2.24, 2.45) is 0 Å². The molecule has 0 fully saturated rings. The van der Waals surface area contributed by atoms with Crippen molar-refractivity contribution < 1.29 is 4.42 Å². The monoisotopic (exact) mass is 814 g/mol. The Morgan fingerprint density at radius 3 is 1.30 bits per heavy atom. The molecule has 0 bridgehead atoms. The summed E-state index contributed by atoms with van der Waals surface area (Å²) in [5, 5.41) is 16.1. The molecule has 3 heterocycles. The van der Waals surface area contributed by atoms with E-state index in [9.17, 15) is 0 Å². The molecule has 11 aromatic carbocycles. The lowest BCUT2D eigenvalue weighted by Crippen LogP contribution is -2.00. The Morgan fingerprint density at radius 1 is 0.297 bits per heavy atom. The summed E-state index contributed by atoms with van der Waals surface area (Å²) in [5.41, 5.74) is 7.63. The largest absolute Gasteiger partial charge is 0.455 e. The quantitative estimate of drug-likeness (QED) is 0.178. The van der Waals surface area contributed by atoms with E-state index in [1.54, 1.807) is 0 Å². The van der Waals surface area contributed by atoms with Crippen LogP contribution in [0.2, 0.25) is 0 Å². The van der Waals surface area contributed by atoms with Crippen molar-refractivity contribution in [2.75, 3.05) is 0 Å². The maximum atomic E-state index is 7.11. The number of fused-ring (bicyclic) bond motifs is 12. The van der Waals surface area contributed by atoms with E-state index in [2.05, 4.69) is 211 Å². The molecule has 5 nitrogen and oxygen atoms in total. The van der Waals surface area contributed by atoms with E-state index in [0.717, 1.165) is 87.7 Å². The number of furan rings is 1. The van der Waals surface area contributed by atoms with E-state index in [0.29, 0.717) is 17.5 Å². The van der Waals surface area contributed by atoms with Gasteiger partial charge >= 0.3 is 0 Å². The first-order chi connectivity index (χ1) is 31.7. The van der Waals surface area contributed by atoms with Crippen LogP contribution in [0.3, 0.4) is 0 Å². The highest BCUT2D eigenvalue weighted by Crippen LogP contribution is 2.44. The maximum Gasteiger partial charge on any atom is 0.167 e. The lowest BCUT2D eigenvalue weighted by atomic mass is 10.0. The Hall–Kier alpha value is -8.67. The van der Waals surface area contributed by atoms with Gasteiger partial charge in [0.05, 0.1) is 22.3 Å². The van der Waals surface area contributed by atoms with Crippen LogP contribution in [-0.2, 0) is 0 Å². The Labute approximate surface area is 366 Å². The zero-order chi connectivity index (χ0) is 41.9. The van der Waals surface area contributed by atoms with E-state index in [-0.39, 0.29) is 0 Å².